The van der Waals surface area contributed by atoms with Crippen molar-refractivity contribution in [3.8, 4) is 22.9 Å². The number of nitrogens with one attached hydrogen (secondary N) is 1. The number of rotatable bonds is 4. The summed E-state index contributed by atoms with van der Waals surface area (Å²) in [6, 6.07) is 3.66. The highest BCUT2D eigenvalue weighted by Crippen LogP contribution is 2.38. The molecule has 2 heterocycles. The highest BCUT2D eigenvalue weighted by molar-refractivity contribution is 6.32. The Labute approximate surface area is 121 Å². The molecule has 7 heteroatoms. The Bertz CT molecular complexity index is 625. The molecule has 1 aromatic heterocycles. The first-order valence-corrected chi connectivity index (χ1v) is 6.59. The third kappa shape index (κ3) is 2.21. The van der Waals surface area contributed by atoms with Crippen molar-refractivity contribution >= 4 is 11.6 Å². The Balaban J connectivity index is 1.96. The fourth-order valence-electron chi connectivity index (χ4n) is 2.04. The molecular formula is C13H14ClN3O3. The van der Waals surface area contributed by atoms with Crippen LogP contribution in [0.4, 0.5) is 0 Å². The van der Waals surface area contributed by atoms with Gasteiger partial charge in [0.2, 0.25) is 11.7 Å². The van der Waals surface area contributed by atoms with Crippen molar-refractivity contribution in [2.75, 3.05) is 20.8 Å². The van der Waals surface area contributed by atoms with E-state index >= 15 is 0 Å². The summed E-state index contributed by atoms with van der Waals surface area (Å²) < 4.78 is 15.7. The Kier molecular flexibility index (Phi) is 3.50. The summed E-state index contributed by atoms with van der Waals surface area (Å²) >= 11 is 6.17. The lowest BCUT2D eigenvalue weighted by Crippen LogP contribution is -2.35. The van der Waals surface area contributed by atoms with Crippen molar-refractivity contribution in [2.45, 2.75) is 12.5 Å². The van der Waals surface area contributed by atoms with Crippen LogP contribution in [0.1, 0.15) is 18.4 Å². The molecule has 0 bridgehead atoms. The van der Waals surface area contributed by atoms with Crippen molar-refractivity contribution in [2.24, 2.45) is 0 Å². The highest BCUT2D eigenvalue weighted by Gasteiger charge is 2.25. The van der Waals surface area contributed by atoms with E-state index in [1.54, 1.807) is 19.2 Å². The number of methoxy groups -OCH3 is 2. The van der Waals surface area contributed by atoms with Gasteiger partial charge in [0.15, 0.2) is 11.5 Å². The van der Waals surface area contributed by atoms with Crippen LogP contribution in [0.25, 0.3) is 11.4 Å². The smallest absolute Gasteiger partial charge is 0.244 e. The Morgan fingerprint density at radius 3 is 2.75 bits per heavy atom. The molecule has 0 radical (unpaired) electrons. The van der Waals surface area contributed by atoms with Gasteiger partial charge in [-0.2, -0.15) is 4.98 Å². The van der Waals surface area contributed by atoms with Gasteiger partial charge in [0, 0.05) is 5.56 Å². The topological polar surface area (TPSA) is 69.4 Å². The van der Waals surface area contributed by atoms with Crippen LogP contribution in [0.15, 0.2) is 16.7 Å². The van der Waals surface area contributed by atoms with Crippen LogP contribution in [-0.2, 0) is 0 Å². The number of hydrogen-bond donors (Lipinski definition) is 1. The molecule has 106 valence electrons. The van der Waals surface area contributed by atoms with Gasteiger partial charge in [-0.15, -0.1) is 0 Å². The van der Waals surface area contributed by atoms with Gasteiger partial charge >= 0.3 is 0 Å². The SMILES string of the molecule is COc1cc(-c2noc([C@H]3CCN3)n2)cc(Cl)c1OC. The lowest BCUT2D eigenvalue weighted by Gasteiger charge is -2.23. The van der Waals surface area contributed by atoms with E-state index < -0.39 is 0 Å². The molecular weight excluding hydrogens is 282 g/mol. The number of halogens is 1. The van der Waals surface area contributed by atoms with Crippen molar-refractivity contribution in [3.05, 3.63) is 23.0 Å². The molecule has 0 spiro atoms. The Morgan fingerprint density at radius 2 is 2.15 bits per heavy atom. The lowest BCUT2D eigenvalue weighted by molar-refractivity contribution is 0.273. The first-order chi connectivity index (χ1) is 9.72. The predicted octanol–water partition coefficient (Wildman–Crippen LogP) is 2.44. The summed E-state index contributed by atoms with van der Waals surface area (Å²) in [6.07, 6.45) is 1.01. The Morgan fingerprint density at radius 1 is 1.35 bits per heavy atom. The van der Waals surface area contributed by atoms with Gasteiger partial charge in [-0.05, 0) is 25.1 Å². The normalized spacial score (nSPS) is 17.6. The first-order valence-electron chi connectivity index (χ1n) is 6.22. The van der Waals surface area contributed by atoms with Crippen LogP contribution in [0.5, 0.6) is 11.5 Å². The maximum absolute atomic E-state index is 6.17. The maximum Gasteiger partial charge on any atom is 0.244 e. The van der Waals surface area contributed by atoms with Crippen LogP contribution >= 0.6 is 11.6 Å². The van der Waals surface area contributed by atoms with Crippen molar-refractivity contribution in [1.82, 2.24) is 15.5 Å². The van der Waals surface area contributed by atoms with Crippen molar-refractivity contribution in [1.29, 1.82) is 0 Å². The maximum atomic E-state index is 6.17. The van der Waals surface area contributed by atoms with Crippen LogP contribution in [-0.4, -0.2) is 30.9 Å². The molecule has 1 fully saturated rings. The zero-order valence-electron chi connectivity index (χ0n) is 11.1. The second-order valence-corrected chi connectivity index (χ2v) is 4.85. The van der Waals surface area contributed by atoms with E-state index in [-0.39, 0.29) is 6.04 Å². The van der Waals surface area contributed by atoms with Crippen LogP contribution in [0, 0.1) is 0 Å². The summed E-state index contributed by atoms with van der Waals surface area (Å²) in [6.45, 7) is 0.977. The molecule has 1 aromatic carbocycles. The second kappa shape index (κ2) is 5.30. The first kappa shape index (κ1) is 13.2. The largest absolute Gasteiger partial charge is 0.493 e. The minimum absolute atomic E-state index is 0.159. The van der Waals surface area contributed by atoms with Gasteiger partial charge in [-0.1, -0.05) is 16.8 Å². The summed E-state index contributed by atoms with van der Waals surface area (Å²) in [7, 11) is 3.09. The van der Waals surface area contributed by atoms with Gasteiger partial charge < -0.3 is 19.3 Å². The fourth-order valence-corrected chi connectivity index (χ4v) is 2.33. The van der Waals surface area contributed by atoms with E-state index in [0.29, 0.717) is 28.2 Å². The standard InChI is InChI=1S/C13H14ClN3O3/c1-18-10-6-7(5-8(14)11(10)19-2)12-16-13(20-17-12)9-3-4-15-9/h5-6,9,15H,3-4H2,1-2H3/t9-/m1/s1. The molecule has 6 nitrogen and oxygen atoms in total. The fraction of sp³-hybridized carbons (Fsp3) is 0.385. The molecule has 0 saturated carbocycles. The number of benzene rings is 1. The zero-order chi connectivity index (χ0) is 14.1. The van der Waals surface area contributed by atoms with E-state index in [0.717, 1.165) is 18.5 Å². The third-order valence-electron chi connectivity index (χ3n) is 3.26. The quantitative estimate of drug-likeness (QED) is 0.934. The number of ether oxygens (including phenoxy) is 2. The summed E-state index contributed by atoms with van der Waals surface area (Å²) in [5.41, 5.74) is 0.724. The Hall–Kier alpha value is -1.79. The number of nitrogens with zero attached hydrogens (tertiary/aromatic N) is 2. The van der Waals surface area contributed by atoms with E-state index in [9.17, 15) is 0 Å². The molecule has 0 amide bonds. The van der Waals surface area contributed by atoms with E-state index in [2.05, 4.69) is 15.5 Å². The average molecular weight is 296 g/mol. The summed E-state index contributed by atoms with van der Waals surface area (Å²) in [5.74, 6) is 2.10. The van der Waals surface area contributed by atoms with E-state index in [1.165, 1.54) is 7.11 Å². The van der Waals surface area contributed by atoms with Crippen LogP contribution in [0.2, 0.25) is 5.02 Å². The number of aromatic nitrogens is 2. The zero-order valence-corrected chi connectivity index (χ0v) is 11.9. The molecule has 0 aliphatic carbocycles. The van der Waals surface area contributed by atoms with Gasteiger partial charge in [-0.25, -0.2) is 0 Å². The molecule has 20 heavy (non-hydrogen) atoms. The van der Waals surface area contributed by atoms with Crippen LogP contribution in [0.3, 0.4) is 0 Å². The summed E-state index contributed by atoms with van der Waals surface area (Å²) in [4.78, 5) is 4.38. The summed E-state index contributed by atoms with van der Waals surface area (Å²) in [5, 5.41) is 7.63. The van der Waals surface area contributed by atoms with Gasteiger partial charge in [-0.3, -0.25) is 0 Å². The highest BCUT2D eigenvalue weighted by atomic mass is 35.5. The minimum atomic E-state index is 0.159. The molecule has 1 atom stereocenters. The molecule has 2 aromatic rings. The van der Waals surface area contributed by atoms with Gasteiger partial charge in [0.05, 0.1) is 25.3 Å². The molecule has 1 aliphatic rings. The molecule has 1 N–H and O–H groups in total. The van der Waals surface area contributed by atoms with Crippen molar-refractivity contribution in [3.63, 3.8) is 0 Å². The molecule has 0 unspecified atom stereocenters. The second-order valence-electron chi connectivity index (χ2n) is 4.45. The van der Waals surface area contributed by atoms with Crippen molar-refractivity contribution < 1.29 is 14.0 Å². The van der Waals surface area contributed by atoms with Crippen LogP contribution < -0.4 is 14.8 Å². The molecule has 1 aliphatic heterocycles. The third-order valence-corrected chi connectivity index (χ3v) is 3.54. The average Bonchev–Trinajstić information content (AvgIpc) is 2.85. The predicted molar refractivity (Wildman–Crippen MR) is 73.2 cm³/mol. The van der Waals surface area contributed by atoms with Gasteiger partial charge in [0.1, 0.15) is 0 Å². The minimum Gasteiger partial charge on any atom is -0.493 e. The van der Waals surface area contributed by atoms with E-state index in [4.69, 9.17) is 25.6 Å². The number of hydrogen-bond acceptors (Lipinski definition) is 6. The van der Waals surface area contributed by atoms with Gasteiger partial charge in [0.25, 0.3) is 0 Å². The molecule has 1 saturated heterocycles. The lowest BCUT2D eigenvalue weighted by atomic mass is 10.1. The monoisotopic (exact) mass is 295 g/mol. The molecule has 3 rings (SSSR count). The van der Waals surface area contributed by atoms with E-state index in [1.807, 2.05) is 0 Å².